The molecule has 0 aromatic carbocycles. The fraction of sp³-hybridized carbons (Fsp3) is 0.750. The van der Waals surface area contributed by atoms with Crippen LogP contribution < -0.4 is 10.6 Å². The monoisotopic (exact) mass is 269 g/mol. The van der Waals surface area contributed by atoms with Crippen molar-refractivity contribution in [3.8, 4) is 0 Å². The molecule has 2 rings (SSSR count). The minimum atomic E-state index is -0.982. The molecule has 2 heterocycles. The van der Waals surface area contributed by atoms with Gasteiger partial charge in [0.1, 0.15) is 11.6 Å². The van der Waals surface area contributed by atoms with Gasteiger partial charge in [-0.15, -0.1) is 0 Å². The highest BCUT2D eigenvalue weighted by atomic mass is 16.5. The van der Waals surface area contributed by atoms with Crippen LogP contribution in [0.4, 0.5) is 4.79 Å². The van der Waals surface area contributed by atoms with Gasteiger partial charge in [-0.05, 0) is 13.0 Å². The summed E-state index contributed by atoms with van der Waals surface area (Å²) in [5, 5.41) is 4.88. The molecule has 106 valence electrons. The molecule has 3 amide bonds. The molecular weight excluding hydrogens is 250 g/mol. The lowest BCUT2D eigenvalue weighted by molar-refractivity contribution is -0.145. The Morgan fingerprint density at radius 3 is 2.79 bits per heavy atom. The summed E-state index contributed by atoms with van der Waals surface area (Å²) in [4.78, 5) is 36.9. The van der Waals surface area contributed by atoms with E-state index in [9.17, 15) is 14.4 Å². The lowest BCUT2D eigenvalue weighted by Gasteiger charge is -2.22. The number of esters is 1. The van der Waals surface area contributed by atoms with Crippen LogP contribution in [0.15, 0.2) is 0 Å². The number of carbonyl (C=O) groups is 3. The number of urea groups is 1. The van der Waals surface area contributed by atoms with Gasteiger partial charge >= 0.3 is 12.0 Å². The van der Waals surface area contributed by atoms with E-state index in [1.54, 1.807) is 0 Å². The van der Waals surface area contributed by atoms with Gasteiger partial charge in [0.2, 0.25) is 0 Å². The maximum atomic E-state index is 11.9. The molecule has 2 aliphatic rings. The summed E-state index contributed by atoms with van der Waals surface area (Å²) in [6, 6.07) is -0.966. The van der Waals surface area contributed by atoms with Crippen molar-refractivity contribution in [2.24, 2.45) is 0 Å². The van der Waals surface area contributed by atoms with Gasteiger partial charge < -0.3 is 10.1 Å². The maximum Gasteiger partial charge on any atom is 0.323 e. The number of ether oxygens (including phenoxy) is 1. The van der Waals surface area contributed by atoms with Gasteiger partial charge in [-0.3, -0.25) is 19.8 Å². The lowest BCUT2D eigenvalue weighted by Crippen LogP contribution is -2.49. The number of carbonyl (C=O) groups excluding carboxylic acids is 3. The van der Waals surface area contributed by atoms with Crippen LogP contribution in [0.25, 0.3) is 0 Å². The summed E-state index contributed by atoms with van der Waals surface area (Å²) in [7, 11) is 1.33. The summed E-state index contributed by atoms with van der Waals surface area (Å²) in [5.41, 5.74) is -0.982. The van der Waals surface area contributed by atoms with E-state index in [0.717, 1.165) is 12.8 Å². The minimum Gasteiger partial charge on any atom is -0.468 e. The molecule has 2 N–H and O–H groups in total. The molecule has 19 heavy (non-hydrogen) atoms. The molecule has 0 radical (unpaired) electrons. The number of likely N-dealkylation sites (tertiary alicyclic amines) is 1. The number of imide groups is 1. The van der Waals surface area contributed by atoms with Crippen molar-refractivity contribution in [2.45, 2.75) is 37.8 Å². The minimum absolute atomic E-state index is 0.265. The normalized spacial score (nSPS) is 30.5. The number of amides is 3. The molecule has 0 aromatic rings. The van der Waals surface area contributed by atoms with E-state index < -0.39 is 17.6 Å². The molecule has 1 spiro atoms. The zero-order valence-electron chi connectivity index (χ0n) is 11.2. The number of rotatable bonds is 4. The van der Waals surface area contributed by atoms with Crippen LogP contribution in [-0.2, 0) is 14.3 Å². The number of methoxy groups -OCH3 is 1. The van der Waals surface area contributed by atoms with Gasteiger partial charge in [-0.25, -0.2) is 4.79 Å². The summed E-state index contributed by atoms with van der Waals surface area (Å²) < 4.78 is 4.78. The van der Waals surface area contributed by atoms with Gasteiger partial charge in [0.25, 0.3) is 5.91 Å². The topological polar surface area (TPSA) is 87.7 Å². The summed E-state index contributed by atoms with van der Waals surface area (Å²) >= 11 is 0. The summed E-state index contributed by atoms with van der Waals surface area (Å²) in [6.45, 7) is 3.12. The molecular formula is C12H19N3O4. The molecule has 0 bridgehead atoms. The van der Waals surface area contributed by atoms with E-state index in [-0.39, 0.29) is 18.3 Å². The van der Waals surface area contributed by atoms with E-state index in [1.807, 2.05) is 4.90 Å². The number of unbranched alkanes of at least 4 members (excludes halogenated alkanes) is 1. The highest BCUT2D eigenvalue weighted by Crippen LogP contribution is 2.30. The second-order valence-electron chi connectivity index (χ2n) is 5.06. The Hall–Kier alpha value is -1.63. The molecule has 0 unspecified atom stereocenters. The van der Waals surface area contributed by atoms with Crippen molar-refractivity contribution in [2.75, 3.05) is 20.2 Å². The van der Waals surface area contributed by atoms with Gasteiger partial charge in [0.05, 0.1) is 7.11 Å². The first-order chi connectivity index (χ1) is 9.02. The van der Waals surface area contributed by atoms with Crippen LogP contribution in [0.1, 0.15) is 26.2 Å². The Balaban J connectivity index is 2.16. The van der Waals surface area contributed by atoms with Gasteiger partial charge in [-0.2, -0.15) is 0 Å². The van der Waals surface area contributed by atoms with Crippen molar-refractivity contribution >= 4 is 17.9 Å². The fourth-order valence-electron chi connectivity index (χ4n) is 2.73. The van der Waals surface area contributed by atoms with Crippen LogP contribution in [0, 0.1) is 0 Å². The third-order valence-electron chi connectivity index (χ3n) is 3.74. The largest absolute Gasteiger partial charge is 0.468 e. The second kappa shape index (κ2) is 5.16. The van der Waals surface area contributed by atoms with Crippen LogP contribution in [0.5, 0.6) is 0 Å². The van der Waals surface area contributed by atoms with Crippen molar-refractivity contribution in [1.29, 1.82) is 0 Å². The molecule has 0 aliphatic carbocycles. The first-order valence-corrected chi connectivity index (χ1v) is 6.48. The standard InChI is InChI=1S/C12H19N3O4/c1-3-4-5-15-7-12(6-8(15)9(16)19-2)10(17)13-11(18)14-12/h8H,3-7H2,1-2H3,(H2,13,14,17,18)/t8-,12-/m0/s1. The quantitative estimate of drug-likeness (QED) is 0.536. The van der Waals surface area contributed by atoms with Crippen LogP contribution >= 0.6 is 0 Å². The predicted octanol–water partition coefficient (Wildman–Crippen LogP) is -0.388. The molecule has 0 aromatic heterocycles. The number of hydrogen-bond donors (Lipinski definition) is 2. The average Bonchev–Trinajstić information content (AvgIpc) is 2.87. The fourth-order valence-corrected chi connectivity index (χ4v) is 2.73. The second-order valence-corrected chi connectivity index (χ2v) is 5.06. The predicted molar refractivity (Wildman–Crippen MR) is 66.3 cm³/mol. The zero-order chi connectivity index (χ0) is 14.0. The lowest BCUT2D eigenvalue weighted by atomic mass is 9.96. The number of hydrogen-bond acceptors (Lipinski definition) is 5. The van der Waals surface area contributed by atoms with E-state index in [4.69, 9.17) is 4.74 Å². The van der Waals surface area contributed by atoms with Crippen molar-refractivity contribution in [3.05, 3.63) is 0 Å². The average molecular weight is 269 g/mol. The van der Waals surface area contributed by atoms with E-state index >= 15 is 0 Å². The van der Waals surface area contributed by atoms with Crippen LogP contribution in [0.2, 0.25) is 0 Å². The Morgan fingerprint density at radius 2 is 2.26 bits per heavy atom. The van der Waals surface area contributed by atoms with Crippen molar-refractivity contribution in [1.82, 2.24) is 15.5 Å². The highest BCUT2D eigenvalue weighted by Gasteiger charge is 2.56. The molecule has 0 saturated carbocycles. The van der Waals surface area contributed by atoms with Crippen molar-refractivity contribution in [3.63, 3.8) is 0 Å². The molecule has 7 heteroatoms. The smallest absolute Gasteiger partial charge is 0.323 e. The van der Waals surface area contributed by atoms with Gasteiger partial charge in [0.15, 0.2) is 0 Å². The Bertz CT molecular complexity index is 412. The van der Waals surface area contributed by atoms with Gasteiger partial charge in [-0.1, -0.05) is 13.3 Å². The molecule has 2 atom stereocenters. The van der Waals surface area contributed by atoms with E-state index in [0.29, 0.717) is 13.1 Å². The highest BCUT2D eigenvalue weighted by molar-refractivity contribution is 6.07. The summed E-state index contributed by atoms with van der Waals surface area (Å²) in [6.07, 6.45) is 2.19. The SMILES string of the molecule is CCCCN1C[C@]2(C[C@H]1C(=O)OC)NC(=O)NC2=O. The van der Waals surface area contributed by atoms with E-state index in [1.165, 1.54) is 7.11 Å². The van der Waals surface area contributed by atoms with Crippen molar-refractivity contribution < 1.29 is 19.1 Å². The maximum absolute atomic E-state index is 11.9. The van der Waals surface area contributed by atoms with Gasteiger partial charge in [0, 0.05) is 13.0 Å². The van der Waals surface area contributed by atoms with E-state index in [2.05, 4.69) is 17.6 Å². The molecule has 2 fully saturated rings. The first-order valence-electron chi connectivity index (χ1n) is 6.48. The Morgan fingerprint density at radius 1 is 1.53 bits per heavy atom. The number of nitrogens with zero attached hydrogens (tertiary/aromatic N) is 1. The Labute approximate surface area is 111 Å². The Kier molecular flexibility index (Phi) is 3.75. The zero-order valence-corrected chi connectivity index (χ0v) is 11.2. The third kappa shape index (κ3) is 2.42. The molecule has 7 nitrogen and oxygen atoms in total. The number of nitrogens with one attached hydrogen (secondary N) is 2. The van der Waals surface area contributed by atoms with Crippen LogP contribution in [-0.4, -0.2) is 54.6 Å². The molecule has 2 aliphatic heterocycles. The first kappa shape index (κ1) is 13.8. The van der Waals surface area contributed by atoms with Crippen LogP contribution in [0.3, 0.4) is 0 Å². The third-order valence-corrected chi connectivity index (χ3v) is 3.74. The molecule has 2 saturated heterocycles. The summed E-state index contributed by atoms with van der Waals surface area (Å²) in [5.74, 6) is -0.715.